The number of benzene rings is 1. The van der Waals surface area contributed by atoms with E-state index in [1.54, 1.807) is 18.2 Å². The monoisotopic (exact) mass is 301 g/mol. The van der Waals surface area contributed by atoms with Crippen LogP contribution in [-0.4, -0.2) is 25.3 Å². The van der Waals surface area contributed by atoms with Gasteiger partial charge in [0.05, 0.1) is 18.6 Å². The first-order chi connectivity index (χ1) is 9.91. The molecule has 0 saturated heterocycles. The Morgan fingerprint density at radius 2 is 2.00 bits per heavy atom. The van der Waals surface area contributed by atoms with Gasteiger partial charge >= 0.3 is 12.1 Å². The molecule has 2 unspecified atom stereocenters. The summed E-state index contributed by atoms with van der Waals surface area (Å²) in [5.41, 5.74) is 0.834. The molecule has 3 nitrogen and oxygen atoms in total. The van der Waals surface area contributed by atoms with Crippen molar-refractivity contribution in [3.63, 3.8) is 0 Å². The fourth-order valence-electron chi connectivity index (χ4n) is 2.76. The van der Waals surface area contributed by atoms with E-state index in [0.717, 1.165) is 6.42 Å². The van der Waals surface area contributed by atoms with Crippen LogP contribution in [0.1, 0.15) is 36.0 Å². The Bertz CT molecular complexity index is 502. The SMILES string of the molecule is COC(=O)c1cccc(NC2CCCCC2C(F)(F)F)c1. The average Bonchev–Trinajstić information content (AvgIpc) is 2.46. The predicted molar refractivity (Wildman–Crippen MR) is 73.2 cm³/mol. The van der Waals surface area contributed by atoms with Crippen molar-refractivity contribution in [3.8, 4) is 0 Å². The van der Waals surface area contributed by atoms with Gasteiger partial charge in [-0.15, -0.1) is 0 Å². The van der Waals surface area contributed by atoms with E-state index in [2.05, 4.69) is 10.1 Å². The first-order valence-corrected chi connectivity index (χ1v) is 6.93. The highest BCUT2D eigenvalue weighted by atomic mass is 19.4. The molecule has 2 atom stereocenters. The molecule has 0 spiro atoms. The van der Waals surface area contributed by atoms with Gasteiger partial charge in [0.2, 0.25) is 0 Å². The van der Waals surface area contributed by atoms with Crippen molar-refractivity contribution in [3.05, 3.63) is 29.8 Å². The topological polar surface area (TPSA) is 38.3 Å². The van der Waals surface area contributed by atoms with Gasteiger partial charge in [0.15, 0.2) is 0 Å². The molecule has 1 aliphatic carbocycles. The highest BCUT2D eigenvalue weighted by molar-refractivity contribution is 5.90. The summed E-state index contributed by atoms with van der Waals surface area (Å²) < 4.78 is 43.7. The minimum atomic E-state index is -4.20. The number of halogens is 3. The average molecular weight is 301 g/mol. The zero-order valence-corrected chi connectivity index (χ0v) is 11.7. The number of methoxy groups -OCH3 is 1. The van der Waals surface area contributed by atoms with Gasteiger partial charge in [0.25, 0.3) is 0 Å². The van der Waals surface area contributed by atoms with Crippen LogP contribution < -0.4 is 5.32 Å². The van der Waals surface area contributed by atoms with E-state index in [1.165, 1.54) is 13.2 Å². The van der Waals surface area contributed by atoms with Crippen LogP contribution in [0.15, 0.2) is 24.3 Å². The molecular formula is C15H18F3NO2. The third-order valence-corrected chi connectivity index (χ3v) is 3.82. The summed E-state index contributed by atoms with van der Waals surface area (Å²) in [5.74, 6) is -1.84. The number of alkyl halides is 3. The van der Waals surface area contributed by atoms with Crippen molar-refractivity contribution in [2.45, 2.75) is 37.9 Å². The summed E-state index contributed by atoms with van der Waals surface area (Å²) in [6.45, 7) is 0. The number of hydrogen-bond acceptors (Lipinski definition) is 3. The standard InChI is InChI=1S/C15H18F3NO2/c1-21-14(20)10-5-4-6-11(9-10)19-13-8-3-2-7-12(13)15(16,17)18/h4-6,9,12-13,19H,2-3,7-8H2,1H3. The number of rotatable bonds is 3. The molecule has 1 aromatic carbocycles. The Balaban J connectivity index is 2.14. The van der Waals surface area contributed by atoms with Crippen LogP contribution in [0.4, 0.5) is 18.9 Å². The lowest BCUT2D eigenvalue weighted by Gasteiger charge is -2.34. The van der Waals surface area contributed by atoms with Crippen LogP contribution in [0.2, 0.25) is 0 Å². The molecule has 0 aliphatic heterocycles. The van der Waals surface area contributed by atoms with Gasteiger partial charge in [-0.3, -0.25) is 0 Å². The van der Waals surface area contributed by atoms with E-state index in [1.807, 2.05) is 0 Å². The van der Waals surface area contributed by atoms with Crippen LogP contribution in [-0.2, 0) is 4.74 Å². The number of anilines is 1. The Labute approximate surface area is 121 Å². The molecule has 1 saturated carbocycles. The third kappa shape index (κ3) is 3.89. The Kier molecular flexibility index (Phi) is 4.75. The fourth-order valence-corrected chi connectivity index (χ4v) is 2.76. The number of nitrogens with one attached hydrogen (secondary N) is 1. The van der Waals surface area contributed by atoms with Crippen LogP contribution in [0, 0.1) is 5.92 Å². The van der Waals surface area contributed by atoms with E-state index >= 15 is 0 Å². The molecule has 0 radical (unpaired) electrons. The van der Waals surface area contributed by atoms with Gasteiger partial charge in [-0.2, -0.15) is 13.2 Å². The molecule has 1 aliphatic rings. The third-order valence-electron chi connectivity index (χ3n) is 3.82. The van der Waals surface area contributed by atoms with Gasteiger partial charge in [-0.05, 0) is 31.0 Å². The lowest BCUT2D eigenvalue weighted by atomic mass is 9.84. The van der Waals surface area contributed by atoms with Gasteiger partial charge in [0, 0.05) is 11.7 Å². The van der Waals surface area contributed by atoms with Gasteiger partial charge in [-0.25, -0.2) is 4.79 Å². The summed E-state index contributed by atoms with van der Waals surface area (Å²) >= 11 is 0. The zero-order chi connectivity index (χ0) is 15.5. The molecule has 1 fully saturated rings. The van der Waals surface area contributed by atoms with Gasteiger partial charge in [-0.1, -0.05) is 18.9 Å². The summed E-state index contributed by atoms with van der Waals surface area (Å²) in [7, 11) is 1.27. The van der Waals surface area contributed by atoms with Crippen molar-refractivity contribution < 1.29 is 22.7 Å². The number of esters is 1. The number of ether oxygens (including phenoxy) is 1. The molecule has 6 heteroatoms. The zero-order valence-electron chi connectivity index (χ0n) is 11.7. The van der Waals surface area contributed by atoms with Crippen LogP contribution >= 0.6 is 0 Å². The van der Waals surface area contributed by atoms with Crippen LogP contribution in [0.5, 0.6) is 0 Å². The molecule has 21 heavy (non-hydrogen) atoms. The van der Waals surface area contributed by atoms with E-state index in [4.69, 9.17) is 0 Å². The molecule has 1 N–H and O–H groups in total. The van der Waals surface area contributed by atoms with Crippen LogP contribution in [0.3, 0.4) is 0 Å². The smallest absolute Gasteiger partial charge is 0.393 e. The molecule has 0 bridgehead atoms. The Morgan fingerprint density at radius 1 is 1.29 bits per heavy atom. The Morgan fingerprint density at radius 3 is 2.67 bits per heavy atom. The van der Waals surface area contributed by atoms with E-state index < -0.39 is 24.1 Å². The maximum atomic E-state index is 13.0. The van der Waals surface area contributed by atoms with E-state index in [-0.39, 0.29) is 6.42 Å². The number of hydrogen-bond donors (Lipinski definition) is 1. The second-order valence-corrected chi connectivity index (χ2v) is 5.26. The molecule has 0 amide bonds. The molecule has 116 valence electrons. The van der Waals surface area contributed by atoms with Crippen molar-refractivity contribution >= 4 is 11.7 Å². The first-order valence-electron chi connectivity index (χ1n) is 6.93. The molecular weight excluding hydrogens is 283 g/mol. The lowest BCUT2D eigenvalue weighted by molar-refractivity contribution is -0.184. The molecule has 0 aromatic heterocycles. The van der Waals surface area contributed by atoms with Crippen molar-refractivity contribution in [1.29, 1.82) is 0 Å². The molecule has 2 rings (SSSR count). The minimum Gasteiger partial charge on any atom is -0.465 e. The van der Waals surface area contributed by atoms with Crippen LogP contribution in [0.25, 0.3) is 0 Å². The Hall–Kier alpha value is -1.72. The van der Waals surface area contributed by atoms with Gasteiger partial charge < -0.3 is 10.1 Å². The first kappa shape index (κ1) is 15.7. The molecule has 0 heterocycles. The maximum Gasteiger partial charge on any atom is 0.393 e. The minimum absolute atomic E-state index is 0.151. The summed E-state index contributed by atoms with van der Waals surface area (Å²) in [6, 6.07) is 5.73. The summed E-state index contributed by atoms with van der Waals surface area (Å²) in [4.78, 5) is 11.5. The van der Waals surface area contributed by atoms with E-state index in [9.17, 15) is 18.0 Å². The number of carbonyl (C=O) groups is 1. The van der Waals surface area contributed by atoms with E-state index in [0.29, 0.717) is 24.1 Å². The largest absolute Gasteiger partial charge is 0.465 e. The fraction of sp³-hybridized carbons (Fsp3) is 0.533. The molecule has 1 aromatic rings. The predicted octanol–water partition coefficient (Wildman–Crippen LogP) is 4.01. The van der Waals surface area contributed by atoms with Crippen molar-refractivity contribution in [2.75, 3.05) is 12.4 Å². The van der Waals surface area contributed by atoms with Crippen molar-refractivity contribution in [1.82, 2.24) is 0 Å². The second-order valence-electron chi connectivity index (χ2n) is 5.26. The summed E-state index contributed by atoms with van der Waals surface area (Å²) in [6.07, 6.45) is -2.19. The second kappa shape index (κ2) is 6.37. The van der Waals surface area contributed by atoms with Crippen molar-refractivity contribution in [2.24, 2.45) is 5.92 Å². The summed E-state index contributed by atoms with van der Waals surface area (Å²) in [5, 5.41) is 2.93. The quantitative estimate of drug-likeness (QED) is 0.857. The maximum absolute atomic E-state index is 13.0. The van der Waals surface area contributed by atoms with Gasteiger partial charge in [0.1, 0.15) is 0 Å². The number of carbonyl (C=O) groups excluding carboxylic acids is 1. The lowest BCUT2D eigenvalue weighted by Crippen LogP contribution is -2.41. The highest BCUT2D eigenvalue weighted by Crippen LogP contribution is 2.39. The normalized spacial score (nSPS) is 22.7. The highest BCUT2D eigenvalue weighted by Gasteiger charge is 2.45.